The maximum Gasteiger partial charge on any atom is 0.371 e. The molecular formula is C16H20O4. The van der Waals surface area contributed by atoms with Crippen molar-refractivity contribution in [3.63, 3.8) is 0 Å². The molecule has 1 aromatic carbocycles. The summed E-state index contributed by atoms with van der Waals surface area (Å²) in [6.07, 6.45) is 2.34. The van der Waals surface area contributed by atoms with Gasteiger partial charge in [0.05, 0.1) is 6.61 Å². The van der Waals surface area contributed by atoms with Crippen LogP contribution < -0.4 is 0 Å². The SMILES string of the molecule is CCCC(C)COCc1ccc2oc(C(=O)O)cc2c1. The second-order valence-electron chi connectivity index (χ2n) is 5.20. The molecule has 108 valence electrons. The van der Waals surface area contributed by atoms with Crippen LogP contribution in [-0.2, 0) is 11.3 Å². The fourth-order valence-electron chi connectivity index (χ4n) is 2.24. The van der Waals surface area contributed by atoms with Gasteiger partial charge in [0.25, 0.3) is 0 Å². The van der Waals surface area contributed by atoms with Gasteiger partial charge in [-0.3, -0.25) is 0 Å². The first kappa shape index (κ1) is 14.6. The zero-order valence-corrected chi connectivity index (χ0v) is 11.9. The van der Waals surface area contributed by atoms with Crippen molar-refractivity contribution in [3.8, 4) is 0 Å². The Balaban J connectivity index is 1.99. The summed E-state index contributed by atoms with van der Waals surface area (Å²) in [6, 6.07) is 7.15. The molecule has 0 fully saturated rings. The van der Waals surface area contributed by atoms with Crippen LogP contribution in [0, 0.1) is 5.92 Å². The minimum atomic E-state index is -1.05. The monoisotopic (exact) mass is 276 g/mol. The van der Waals surface area contributed by atoms with Crippen LogP contribution in [0.15, 0.2) is 28.7 Å². The first-order chi connectivity index (χ1) is 9.60. The number of aromatic carboxylic acids is 1. The summed E-state index contributed by atoms with van der Waals surface area (Å²) in [6.45, 7) is 5.64. The molecule has 1 unspecified atom stereocenters. The van der Waals surface area contributed by atoms with Gasteiger partial charge in [-0.1, -0.05) is 26.3 Å². The lowest BCUT2D eigenvalue weighted by Gasteiger charge is -2.10. The van der Waals surface area contributed by atoms with Crippen LogP contribution in [0.25, 0.3) is 11.0 Å². The van der Waals surface area contributed by atoms with Gasteiger partial charge in [-0.25, -0.2) is 4.79 Å². The Morgan fingerprint density at radius 2 is 2.20 bits per heavy atom. The first-order valence-corrected chi connectivity index (χ1v) is 6.93. The topological polar surface area (TPSA) is 59.7 Å². The molecule has 4 heteroatoms. The second-order valence-corrected chi connectivity index (χ2v) is 5.20. The van der Waals surface area contributed by atoms with Crippen molar-refractivity contribution in [2.75, 3.05) is 6.61 Å². The fourth-order valence-corrected chi connectivity index (χ4v) is 2.24. The summed E-state index contributed by atoms with van der Waals surface area (Å²) in [5, 5.41) is 9.69. The maximum atomic E-state index is 10.8. The number of hydrogen-bond donors (Lipinski definition) is 1. The summed E-state index contributed by atoms with van der Waals surface area (Å²) >= 11 is 0. The molecule has 20 heavy (non-hydrogen) atoms. The number of benzene rings is 1. The average molecular weight is 276 g/mol. The standard InChI is InChI=1S/C16H20O4/c1-3-4-11(2)9-19-10-12-5-6-14-13(7-12)8-15(20-14)16(17)18/h5-8,11H,3-4,9-10H2,1-2H3,(H,17,18). The molecule has 0 amide bonds. The number of hydrogen-bond acceptors (Lipinski definition) is 3. The lowest BCUT2D eigenvalue weighted by Crippen LogP contribution is -2.05. The summed E-state index contributed by atoms with van der Waals surface area (Å²) in [4.78, 5) is 10.8. The van der Waals surface area contributed by atoms with Crippen molar-refractivity contribution in [1.82, 2.24) is 0 Å². The molecule has 2 rings (SSSR count). The lowest BCUT2D eigenvalue weighted by molar-refractivity contribution is 0.0665. The zero-order valence-electron chi connectivity index (χ0n) is 11.9. The normalized spacial score (nSPS) is 12.7. The molecule has 0 bridgehead atoms. The predicted octanol–water partition coefficient (Wildman–Crippen LogP) is 4.08. The van der Waals surface area contributed by atoms with E-state index in [1.165, 1.54) is 12.8 Å². The van der Waals surface area contributed by atoms with Crippen molar-refractivity contribution in [2.24, 2.45) is 5.92 Å². The Kier molecular flexibility index (Phi) is 4.79. The Hall–Kier alpha value is -1.81. The largest absolute Gasteiger partial charge is 0.475 e. The smallest absolute Gasteiger partial charge is 0.371 e. The van der Waals surface area contributed by atoms with E-state index in [0.29, 0.717) is 18.1 Å². The Morgan fingerprint density at radius 1 is 1.40 bits per heavy atom. The van der Waals surface area contributed by atoms with Gasteiger partial charge in [-0.15, -0.1) is 0 Å². The van der Waals surface area contributed by atoms with E-state index in [0.717, 1.165) is 17.6 Å². The third kappa shape index (κ3) is 3.61. The highest BCUT2D eigenvalue weighted by atomic mass is 16.5. The highest BCUT2D eigenvalue weighted by Gasteiger charge is 2.10. The number of fused-ring (bicyclic) bond motifs is 1. The molecule has 0 aliphatic heterocycles. The number of furan rings is 1. The van der Waals surface area contributed by atoms with Gasteiger partial charge in [-0.05, 0) is 36.1 Å². The summed E-state index contributed by atoms with van der Waals surface area (Å²) in [5.41, 5.74) is 1.62. The fraction of sp³-hybridized carbons (Fsp3) is 0.438. The van der Waals surface area contributed by atoms with Gasteiger partial charge in [0.2, 0.25) is 5.76 Å². The van der Waals surface area contributed by atoms with Gasteiger partial charge in [0.1, 0.15) is 5.58 Å². The Labute approximate surface area is 118 Å². The molecule has 2 aromatic rings. The highest BCUT2D eigenvalue weighted by Crippen LogP contribution is 2.21. The predicted molar refractivity (Wildman–Crippen MR) is 76.9 cm³/mol. The molecule has 1 heterocycles. The van der Waals surface area contributed by atoms with Crippen molar-refractivity contribution >= 4 is 16.9 Å². The number of carboxylic acids is 1. The maximum absolute atomic E-state index is 10.8. The van der Waals surface area contributed by atoms with Crippen molar-refractivity contribution in [2.45, 2.75) is 33.3 Å². The van der Waals surface area contributed by atoms with E-state index in [9.17, 15) is 4.79 Å². The van der Waals surface area contributed by atoms with E-state index < -0.39 is 5.97 Å². The molecule has 0 saturated carbocycles. The van der Waals surface area contributed by atoms with Crippen LogP contribution in [0.2, 0.25) is 0 Å². The van der Waals surface area contributed by atoms with Crippen LogP contribution in [0.3, 0.4) is 0 Å². The van der Waals surface area contributed by atoms with E-state index in [1.54, 1.807) is 12.1 Å². The molecule has 0 spiro atoms. The van der Waals surface area contributed by atoms with Gasteiger partial charge in [-0.2, -0.15) is 0 Å². The van der Waals surface area contributed by atoms with Gasteiger partial charge < -0.3 is 14.3 Å². The summed E-state index contributed by atoms with van der Waals surface area (Å²) < 4.78 is 10.9. The zero-order chi connectivity index (χ0) is 14.5. The highest BCUT2D eigenvalue weighted by molar-refractivity contribution is 5.91. The number of carbonyl (C=O) groups is 1. The van der Waals surface area contributed by atoms with Crippen LogP contribution in [0.1, 0.15) is 42.8 Å². The quantitative estimate of drug-likeness (QED) is 0.827. The van der Waals surface area contributed by atoms with Crippen molar-refractivity contribution in [3.05, 3.63) is 35.6 Å². The summed E-state index contributed by atoms with van der Waals surface area (Å²) in [7, 11) is 0. The molecule has 0 radical (unpaired) electrons. The molecule has 0 aliphatic rings. The number of rotatable bonds is 7. The van der Waals surface area contributed by atoms with Crippen molar-refractivity contribution in [1.29, 1.82) is 0 Å². The Bertz CT molecular complexity index is 585. The molecule has 4 nitrogen and oxygen atoms in total. The molecule has 0 aliphatic carbocycles. The lowest BCUT2D eigenvalue weighted by atomic mass is 10.1. The van der Waals surface area contributed by atoms with Crippen molar-refractivity contribution < 1.29 is 19.1 Å². The average Bonchev–Trinajstić information content (AvgIpc) is 2.82. The van der Waals surface area contributed by atoms with Crippen LogP contribution >= 0.6 is 0 Å². The van der Waals surface area contributed by atoms with E-state index in [-0.39, 0.29) is 5.76 Å². The first-order valence-electron chi connectivity index (χ1n) is 6.93. The third-order valence-electron chi connectivity index (χ3n) is 3.24. The molecule has 1 aromatic heterocycles. The minimum Gasteiger partial charge on any atom is -0.475 e. The second kappa shape index (κ2) is 6.57. The van der Waals surface area contributed by atoms with Crippen LogP contribution in [0.4, 0.5) is 0 Å². The number of ether oxygens (including phenoxy) is 1. The van der Waals surface area contributed by atoms with Gasteiger partial charge in [0.15, 0.2) is 0 Å². The van der Waals surface area contributed by atoms with Gasteiger partial charge >= 0.3 is 5.97 Å². The molecule has 1 N–H and O–H groups in total. The third-order valence-corrected chi connectivity index (χ3v) is 3.24. The number of carboxylic acid groups (broad SMARTS) is 1. The van der Waals surface area contributed by atoms with Gasteiger partial charge in [0, 0.05) is 12.0 Å². The molecular weight excluding hydrogens is 256 g/mol. The van der Waals surface area contributed by atoms with Crippen LogP contribution in [0.5, 0.6) is 0 Å². The van der Waals surface area contributed by atoms with E-state index in [2.05, 4.69) is 13.8 Å². The molecule has 1 atom stereocenters. The minimum absolute atomic E-state index is 0.0327. The van der Waals surface area contributed by atoms with E-state index >= 15 is 0 Å². The van der Waals surface area contributed by atoms with Crippen LogP contribution in [-0.4, -0.2) is 17.7 Å². The van der Waals surface area contributed by atoms with E-state index in [1.807, 2.05) is 12.1 Å². The Morgan fingerprint density at radius 3 is 2.90 bits per heavy atom. The van der Waals surface area contributed by atoms with E-state index in [4.69, 9.17) is 14.3 Å². The molecule has 0 saturated heterocycles. The summed E-state index contributed by atoms with van der Waals surface area (Å²) in [5.74, 6) is -0.515.